The van der Waals surface area contributed by atoms with Crippen LogP contribution in [0.4, 0.5) is 0 Å². The summed E-state index contributed by atoms with van der Waals surface area (Å²) < 4.78 is 2.67. The Bertz CT molecular complexity index is 569. The predicted octanol–water partition coefficient (Wildman–Crippen LogP) is 4.32. The predicted molar refractivity (Wildman–Crippen MR) is 98.1 cm³/mol. The van der Waals surface area contributed by atoms with E-state index in [1.54, 1.807) is 0 Å². The maximum Gasteiger partial charge on any atom is 0.0481 e. The Hall–Kier alpha value is -1.43. The van der Waals surface area contributed by atoms with E-state index in [-0.39, 0.29) is 0 Å². The fraction of sp³-hybridized carbons (Fsp3) is 0.300. The smallest absolute Gasteiger partial charge is 0.0481 e. The molecule has 2 aromatic carbocycles. The lowest BCUT2D eigenvalue weighted by atomic mass is 10.1. The van der Waals surface area contributed by atoms with Crippen LogP contribution in [0.3, 0.4) is 0 Å². The number of rotatable bonds is 6. The fourth-order valence-corrected chi connectivity index (χ4v) is 5.84. The second kappa shape index (κ2) is 6.77. The van der Waals surface area contributed by atoms with E-state index in [0.29, 0.717) is 12.1 Å². The molecule has 1 fully saturated rings. The lowest BCUT2D eigenvalue weighted by Gasteiger charge is -2.21. The molecule has 1 aliphatic rings. The third kappa shape index (κ3) is 3.16. The van der Waals surface area contributed by atoms with Gasteiger partial charge in [-0.1, -0.05) is 80.6 Å². The van der Waals surface area contributed by atoms with Crippen LogP contribution in [0.1, 0.15) is 20.3 Å². The molecular formula is C20H24NP. The van der Waals surface area contributed by atoms with E-state index in [1.807, 2.05) is 0 Å². The minimum absolute atomic E-state index is 0.452. The third-order valence-electron chi connectivity index (χ3n) is 4.14. The number of hydrogen-bond acceptors (Lipinski definition) is 1. The Kier molecular flexibility index (Phi) is 4.76. The Morgan fingerprint density at radius 1 is 1.00 bits per heavy atom. The van der Waals surface area contributed by atoms with Gasteiger partial charge in [0.05, 0.1) is 0 Å². The van der Waals surface area contributed by atoms with Gasteiger partial charge in [0, 0.05) is 20.2 Å². The molecule has 0 aromatic heterocycles. The van der Waals surface area contributed by atoms with Crippen molar-refractivity contribution in [3.8, 4) is 0 Å². The molecule has 0 spiro atoms. The molecule has 114 valence electrons. The first kappa shape index (κ1) is 15.5. The summed E-state index contributed by atoms with van der Waals surface area (Å²) in [6, 6.07) is 23.0. The molecule has 1 unspecified atom stereocenters. The van der Waals surface area contributed by atoms with E-state index in [1.165, 1.54) is 17.0 Å². The Balaban J connectivity index is 1.95. The van der Waals surface area contributed by atoms with Crippen LogP contribution in [0.5, 0.6) is 0 Å². The minimum atomic E-state index is -0.452. The van der Waals surface area contributed by atoms with Gasteiger partial charge >= 0.3 is 0 Å². The summed E-state index contributed by atoms with van der Waals surface area (Å²) in [5, 5.41) is 2.86. The van der Waals surface area contributed by atoms with Gasteiger partial charge in [0.15, 0.2) is 0 Å². The summed E-state index contributed by atoms with van der Waals surface area (Å²) in [6.07, 6.45) is 3.38. The van der Waals surface area contributed by atoms with Gasteiger partial charge in [-0.3, -0.25) is 4.67 Å². The summed E-state index contributed by atoms with van der Waals surface area (Å²) in [7, 11) is -0.452. The second-order valence-electron chi connectivity index (χ2n) is 6.29. The molecule has 2 aromatic rings. The molecule has 1 heterocycles. The number of benzene rings is 2. The molecule has 0 amide bonds. The molecule has 0 radical (unpaired) electrons. The summed E-state index contributed by atoms with van der Waals surface area (Å²) >= 11 is 0. The Labute approximate surface area is 135 Å². The summed E-state index contributed by atoms with van der Waals surface area (Å²) in [6.45, 7) is 8.69. The van der Waals surface area contributed by atoms with Crippen LogP contribution in [-0.4, -0.2) is 16.8 Å². The topological polar surface area (TPSA) is 3.01 Å². The average molecular weight is 309 g/mol. The van der Waals surface area contributed by atoms with Crippen molar-refractivity contribution in [3.63, 3.8) is 0 Å². The minimum Gasteiger partial charge on any atom is -0.261 e. The maximum atomic E-state index is 4.07. The van der Waals surface area contributed by atoms with Crippen molar-refractivity contribution in [1.82, 2.24) is 4.67 Å². The number of hydrogen-bond donors (Lipinski definition) is 0. The average Bonchev–Trinajstić information content (AvgIpc) is 3.21. The van der Waals surface area contributed by atoms with Gasteiger partial charge in [0.25, 0.3) is 0 Å². The zero-order valence-corrected chi connectivity index (χ0v) is 14.3. The molecule has 1 aliphatic heterocycles. The number of nitrogens with zero attached hydrogens (tertiary/aromatic N) is 1. The van der Waals surface area contributed by atoms with E-state index in [4.69, 9.17) is 0 Å². The van der Waals surface area contributed by atoms with Gasteiger partial charge in [0.1, 0.15) is 0 Å². The molecule has 0 saturated carbocycles. The van der Waals surface area contributed by atoms with Gasteiger partial charge in [-0.15, -0.1) is 6.58 Å². The first-order chi connectivity index (χ1) is 10.7. The van der Waals surface area contributed by atoms with Crippen molar-refractivity contribution in [2.75, 3.05) is 0 Å². The Morgan fingerprint density at radius 2 is 1.50 bits per heavy atom. The lowest BCUT2D eigenvalue weighted by Crippen LogP contribution is -2.18. The van der Waals surface area contributed by atoms with E-state index < -0.39 is 8.07 Å². The van der Waals surface area contributed by atoms with Gasteiger partial charge in [-0.05, 0) is 22.9 Å². The molecule has 3 atom stereocenters. The van der Waals surface area contributed by atoms with E-state index in [9.17, 15) is 0 Å². The molecule has 3 rings (SSSR count). The molecule has 1 nitrogen and oxygen atoms in total. The van der Waals surface area contributed by atoms with Crippen molar-refractivity contribution in [2.45, 2.75) is 32.4 Å². The zero-order valence-electron chi connectivity index (χ0n) is 13.4. The first-order valence-corrected chi connectivity index (χ1v) is 9.33. The third-order valence-corrected chi connectivity index (χ3v) is 6.74. The molecular weight excluding hydrogens is 285 g/mol. The maximum absolute atomic E-state index is 4.07. The quantitative estimate of drug-likeness (QED) is 0.436. The molecule has 22 heavy (non-hydrogen) atoms. The summed E-state index contributed by atoms with van der Waals surface area (Å²) in [5.74, 6) is 0.723. The SMILES string of the molecule is C=C[C@H]1[C@H](CC(C)C)N1P(c1ccccc1)c1ccccc1. The normalized spacial score (nSPS) is 23.7. The van der Waals surface area contributed by atoms with Gasteiger partial charge in [0.2, 0.25) is 0 Å². The van der Waals surface area contributed by atoms with Gasteiger partial charge < -0.3 is 0 Å². The van der Waals surface area contributed by atoms with Crippen molar-refractivity contribution in [1.29, 1.82) is 0 Å². The van der Waals surface area contributed by atoms with Crippen molar-refractivity contribution in [3.05, 3.63) is 73.3 Å². The highest BCUT2D eigenvalue weighted by atomic mass is 31.1. The molecule has 0 N–H and O–H groups in total. The van der Waals surface area contributed by atoms with E-state index >= 15 is 0 Å². The molecule has 1 saturated heterocycles. The van der Waals surface area contributed by atoms with Crippen LogP contribution >= 0.6 is 8.07 Å². The van der Waals surface area contributed by atoms with Crippen LogP contribution < -0.4 is 10.6 Å². The van der Waals surface area contributed by atoms with Gasteiger partial charge in [-0.25, -0.2) is 0 Å². The van der Waals surface area contributed by atoms with Crippen molar-refractivity contribution in [2.24, 2.45) is 5.92 Å². The van der Waals surface area contributed by atoms with Crippen LogP contribution in [0, 0.1) is 5.92 Å². The van der Waals surface area contributed by atoms with Crippen molar-refractivity contribution < 1.29 is 0 Å². The van der Waals surface area contributed by atoms with Gasteiger partial charge in [-0.2, -0.15) is 0 Å². The Morgan fingerprint density at radius 3 is 1.91 bits per heavy atom. The van der Waals surface area contributed by atoms with Crippen LogP contribution in [0.25, 0.3) is 0 Å². The van der Waals surface area contributed by atoms with E-state index in [2.05, 4.69) is 91.8 Å². The highest BCUT2D eigenvalue weighted by Gasteiger charge is 2.50. The van der Waals surface area contributed by atoms with Crippen LogP contribution in [0.15, 0.2) is 73.3 Å². The highest BCUT2D eigenvalue weighted by molar-refractivity contribution is 7.71. The summed E-state index contributed by atoms with van der Waals surface area (Å²) in [5.41, 5.74) is 0. The molecule has 0 bridgehead atoms. The largest absolute Gasteiger partial charge is 0.261 e. The van der Waals surface area contributed by atoms with Crippen LogP contribution in [-0.2, 0) is 0 Å². The van der Waals surface area contributed by atoms with Crippen molar-refractivity contribution >= 4 is 18.7 Å². The highest BCUT2D eigenvalue weighted by Crippen LogP contribution is 2.53. The van der Waals surface area contributed by atoms with E-state index in [0.717, 1.165) is 5.92 Å². The second-order valence-corrected chi connectivity index (χ2v) is 8.40. The fourth-order valence-electron chi connectivity index (χ4n) is 3.12. The zero-order chi connectivity index (χ0) is 15.5. The monoisotopic (exact) mass is 309 g/mol. The molecule has 0 aliphatic carbocycles. The standard InChI is InChI=1S/C20H24NP/c1-4-19-20(15-16(2)3)21(19)22(17-11-7-5-8-12-17)18-13-9-6-10-14-18/h4-14,16,19-20H,1,15H2,2-3H3/t19-,20-,21?/m0/s1. The van der Waals surface area contributed by atoms with Crippen LogP contribution in [0.2, 0.25) is 0 Å². The summed E-state index contributed by atoms with van der Waals surface area (Å²) in [4.78, 5) is 0. The first-order valence-electron chi connectivity index (χ1n) is 8.03. The lowest BCUT2D eigenvalue weighted by molar-refractivity contribution is 0.552. The molecule has 2 heteroatoms.